The lowest BCUT2D eigenvalue weighted by Crippen LogP contribution is -2.19. The molecule has 0 saturated carbocycles. The second kappa shape index (κ2) is 17.6. The van der Waals surface area contributed by atoms with Crippen molar-refractivity contribution in [3.8, 4) is 24.3 Å². The number of aromatic amines is 1. The van der Waals surface area contributed by atoms with E-state index in [1.54, 1.807) is 19.2 Å². The number of nitrogens with zero attached hydrogens (tertiary/aromatic N) is 1. The highest BCUT2D eigenvalue weighted by Gasteiger charge is 2.07. The fourth-order valence-corrected chi connectivity index (χ4v) is 4.36. The molecule has 1 unspecified atom stereocenters. The number of nitrogens with two attached hydrogens (primary N) is 1. The van der Waals surface area contributed by atoms with Crippen LogP contribution in [-0.2, 0) is 24.2 Å². The molecule has 8 heteroatoms. The molecule has 3 aromatic carbocycles. The van der Waals surface area contributed by atoms with Crippen molar-refractivity contribution in [1.82, 2.24) is 9.65 Å². The van der Waals surface area contributed by atoms with Crippen LogP contribution in [0.3, 0.4) is 0 Å². The Balaban J connectivity index is 0.000000287. The van der Waals surface area contributed by atoms with Crippen LogP contribution in [0.15, 0.2) is 79.0 Å². The van der Waals surface area contributed by atoms with Gasteiger partial charge in [0.25, 0.3) is 5.91 Å². The molecule has 4 aromatic rings. The van der Waals surface area contributed by atoms with Crippen LogP contribution in [0.2, 0.25) is 0 Å². The van der Waals surface area contributed by atoms with E-state index in [0.717, 1.165) is 37.2 Å². The van der Waals surface area contributed by atoms with Gasteiger partial charge in [0.05, 0.1) is 7.11 Å². The fourth-order valence-electron chi connectivity index (χ4n) is 3.98. The van der Waals surface area contributed by atoms with Gasteiger partial charge in [-0.05, 0) is 54.7 Å². The minimum Gasteiger partial charge on any atom is -0.496 e. The van der Waals surface area contributed by atoms with E-state index < -0.39 is 5.91 Å². The van der Waals surface area contributed by atoms with Crippen LogP contribution in [0.1, 0.15) is 23.1 Å². The summed E-state index contributed by atoms with van der Waals surface area (Å²) in [6.07, 6.45) is 13.0. The van der Waals surface area contributed by atoms with E-state index in [0.29, 0.717) is 12.2 Å². The molecule has 1 heterocycles. The first kappa shape index (κ1) is 31.4. The third kappa shape index (κ3) is 10.8. The monoisotopic (exact) mass is 547 g/mol. The smallest absolute Gasteiger partial charge is 0.255 e. The third-order valence-corrected chi connectivity index (χ3v) is 6.28. The highest BCUT2D eigenvalue weighted by atomic mass is 31.0. The lowest BCUT2D eigenvalue weighted by Gasteiger charge is -2.18. The summed E-state index contributed by atoms with van der Waals surface area (Å²) in [5, 5.41) is 10.0. The van der Waals surface area contributed by atoms with Crippen LogP contribution in [-0.4, -0.2) is 47.5 Å². The number of ether oxygens (including phenoxy) is 2. The summed E-state index contributed by atoms with van der Waals surface area (Å²) in [4.78, 5) is 13.8. The van der Waals surface area contributed by atoms with Gasteiger partial charge in [0.15, 0.2) is 6.61 Å². The number of rotatable bonds is 12. The molecular weight excluding hydrogens is 509 g/mol. The molecule has 1 amide bonds. The summed E-state index contributed by atoms with van der Waals surface area (Å²) >= 11 is 0. The number of aromatic nitrogens is 1. The van der Waals surface area contributed by atoms with Gasteiger partial charge in [0.1, 0.15) is 11.5 Å². The maximum atomic E-state index is 10.4. The number of fused-ring (bicyclic) bond motifs is 1. The number of carbonyl (C=O) groups excluding carboxylic acids is 1. The van der Waals surface area contributed by atoms with Gasteiger partial charge < -0.3 is 25.3 Å². The molecular formula is C31H38N3O4P. The van der Waals surface area contributed by atoms with Crippen LogP contribution in [0.5, 0.6) is 11.5 Å². The summed E-state index contributed by atoms with van der Waals surface area (Å²) in [5.41, 5.74) is 9.79. The van der Waals surface area contributed by atoms with Crippen molar-refractivity contribution >= 4 is 26.2 Å². The molecule has 0 bridgehead atoms. The molecule has 39 heavy (non-hydrogen) atoms. The first-order valence-corrected chi connectivity index (χ1v) is 13.1. The molecule has 0 spiro atoms. The number of carbonyl (C=O) groups is 1. The number of aryl methyl sites for hydroxylation is 1. The number of nitrogens with one attached hydrogen (secondary N) is 1. The van der Waals surface area contributed by atoms with Gasteiger partial charge in [0.2, 0.25) is 0 Å². The van der Waals surface area contributed by atoms with E-state index in [4.69, 9.17) is 20.3 Å². The lowest BCUT2D eigenvalue weighted by atomic mass is 10.1. The van der Waals surface area contributed by atoms with E-state index >= 15 is 0 Å². The largest absolute Gasteiger partial charge is 0.496 e. The summed E-state index contributed by atoms with van der Waals surface area (Å²) in [5.74, 6) is 1.06. The second-order valence-electron chi connectivity index (χ2n) is 8.62. The first-order valence-electron chi connectivity index (χ1n) is 12.6. The number of terminal acetylenes is 1. The Morgan fingerprint density at radius 1 is 1.00 bits per heavy atom. The Kier molecular flexibility index (Phi) is 14.2. The molecule has 4 rings (SSSR count). The van der Waals surface area contributed by atoms with Crippen LogP contribution in [0, 0.1) is 12.8 Å². The summed E-state index contributed by atoms with van der Waals surface area (Å²) in [6, 6.07) is 23.9. The Morgan fingerprint density at radius 3 is 2.38 bits per heavy atom. The number of amides is 1. The number of hydrogen-bond donors (Lipinski definition) is 3. The summed E-state index contributed by atoms with van der Waals surface area (Å²) in [6.45, 7) is 1.92. The first-order chi connectivity index (χ1) is 19.0. The highest BCUT2D eigenvalue weighted by Crippen LogP contribution is 2.22. The van der Waals surface area contributed by atoms with Gasteiger partial charge in [-0.1, -0.05) is 57.9 Å². The van der Waals surface area contributed by atoms with Crippen molar-refractivity contribution in [3.05, 3.63) is 95.7 Å². The zero-order valence-electron chi connectivity index (χ0n) is 22.4. The predicted molar refractivity (Wildman–Crippen MR) is 162 cm³/mol. The molecule has 0 fully saturated rings. The number of H-pyrrole nitrogens is 1. The Bertz CT molecular complexity index is 1290. The fraction of sp³-hybridized carbons (Fsp3) is 0.258. The lowest BCUT2D eigenvalue weighted by molar-refractivity contribution is -0.119. The number of hydrogen-bond acceptors (Lipinski definition) is 5. The van der Waals surface area contributed by atoms with E-state index in [1.807, 2.05) is 24.3 Å². The van der Waals surface area contributed by atoms with Gasteiger partial charge in [-0.2, -0.15) is 0 Å². The van der Waals surface area contributed by atoms with E-state index in [9.17, 15) is 4.79 Å². The van der Waals surface area contributed by atoms with Crippen LogP contribution in [0.4, 0.5) is 0 Å². The normalized spacial score (nSPS) is 10.2. The zero-order chi connectivity index (χ0) is 28.5. The van der Waals surface area contributed by atoms with Crippen molar-refractivity contribution in [2.75, 3.05) is 26.9 Å². The summed E-state index contributed by atoms with van der Waals surface area (Å²) in [7, 11) is 4.56. The Hall–Kier alpha value is -3.82. The molecule has 4 N–H and O–H groups in total. The molecule has 1 aromatic heterocycles. The van der Waals surface area contributed by atoms with Gasteiger partial charge in [-0.15, -0.1) is 12.8 Å². The average Bonchev–Trinajstić information content (AvgIpc) is 3.37. The highest BCUT2D eigenvalue weighted by molar-refractivity contribution is 7.13. The van der Waals surface area contributed by atoms with Crippen molar-refractivity contribution in [3.63, 3.8) is 0 Å². The topological polar surface area (TPSA) is 101 Å². The number of aliphatic hydroxyl groups is 1. The molecule has 0 aliphatic heterocycles. The minimum atomic E-state index is -0.496. The number of para-hydroxylation sites is 2. The maximum absolute atomic E-state index is 10.4. The van der Waals surface area contributed by atoms with Crippen LogP contribution < -0.4 is 15.2 Å². The van der Waals surface area contributed by atoms with E-state index in [-0.39, 0.29) is 13.2 Å². The molecule has 1 atom stereocenters. The molecule has 0 radical (unpaired) electrons. The van der Waals surface area contributed by atoms with Gasteiger partial charge >= 0.3 is 0 Å². The Labute approximate surface area is 233 Å². The van der Waals surface area contributed by atoms with Crippen LogP contribution in [0.25, 0.3) is 10.9 Å². The average molecular weight is 548 g/mol. The standard InChI is InChI=1S/C19H23N2OP.C10H13NO3.C2H2/c1-22-19-11-5-2-7-16(19)14-21(23)12-6-8-15-13-20-18-10-4-3-9-17(15)18;11-10(13)7-14-9-3-1-8(2-4-9)5-6-12;1-2/h2-5,7,9-11,13,20H,6,8,12,14,23H2,1H3;1-4,12H,5-7H2,(H2,11,13);1-2H. The number of primary amides is 1. The van der Waals surface area contributed by atoms with E-state index in [2.05, 4.69) is 74.5 Å². The molecule has 0 saturated heterocycles. The van der Waals surface area contributed by atoms with Crippen molar-refractivity contribution < 1.29 is 19.4 Å². The molecule has 0 aliphatic rings. The van der Waals surface area contributed by atoms with Gasteiger partial charge in [0, 0.05) is 42.4 Å². The number of benzene rings is 3. The van der Waals surface area contributed by atoms with Crippen molar-refractivity contribution in [2.45, 2.75) is 25.8 Å². The zero-order valence-corrected chi connectivity index (χ0v) is 23.5. The predicted octanol–water partition coefficient (Wildman–Crippen LogP) is 4.74. The molecule has 206 valence electrons. The Morgan fingerprint density at radius 2 is 1.69 bits per heavy atom. The third-order valence-electron chi connectivity index (χ3n) is 5.84. The number of methoxy groups -OCH3 is 1. The maximum Gasteiger partial charge on any atom is 0.255 e. The minimum absolute atomic E-state index is 0.112. The van der Waals surface area contributed by atoms with Gasteiger partial charge in [-0.25, -0.2) is 0 Å². The second-order valence-corrected chi connectivity index (χ2v) is 9.35. The molecule has 7 nitrogen and oxygen atoms in total. The molecule has 0 aliphatic carbocycles. The summed E-state index contributed by atoms with van der Waals surface area (Å²) < 4.78 is 12.8. The number of aliphatic hydroxyl groups excluding tert-OH is 1. The SMILES string of the molecule is C#C.COc1ccccc1CN(P)CCCc1c[nH]c2ccccc12.NC(=O)COc1ccc(CCO)cc1. The van der Waals surface area contributed by atoms with E-state index in [1.165, 1.54) is 22.0 Å². The van der Waals surface area contributed by atoms with Crippen molar-refractivity contribution in [2.24, 2.45) is 5.73 Å². The van der Waals surface area contributed by atoms with Crippen LogP contribution >= 0.6 is 9.39 Å². The van der Waals surface area contributed by atoms with Gasteiger partial charge in [-0.3, -0.25) is 9.46 Å². The van der Waals surface area contributed by atoms with Crippen molar-refractivity contribution in [1.29, 1.82) is 0 Å². The quantitative estimate of drug-likeness (QED) is 0.176.